The Hall–Kier alpha value is -1.70. The number of nitrogen functional groups attached to an aromatic ring is 1. The summed E-state index contributed by atoms with van der Waals surface area (Å²) in [6.45, 7) is 3.31. The molecule has 1 aromatic heterocycles. The number of allylic oxidation sites excluding steroid dienone is 1. The standard InChI is InChI=1S/C12H17N3O4/c1-2-3-7-5-15(12(18)14-11(7)13)10-4-8(17)9(6-16)19-10/h2,5,8-10,16-17H,1,3-4,6H2,(H2,13,14,18)/t8-,9+,10+/m1/s1. The van der Waals surface area contributed by atoms with Crippen molar-refractivity contribution in [2.75, 3.05) is 12.3 Å². The Morgan fingerprint density at radius 3 is 3.00 bits per heavy atom. The van der Waals surface area contributed by atoms with Crippen molar-refractivity contribution >= 4 is 5.82 Å². The molecule has 1 saturated heterocycles. The second-order valence-corrected chi connectivity index (χ2v) is 4.45. The van der Waals surface area contributed by atoms with E-state index in [0.717, 1.165) is 0 Å². The monoisotopic (exact) mass is 267 g/mol. The summed E-state index contributed by atoms with van der Waals surface area (Å²) in [5.74, 6) is 0.165. The maximum atomic E-state index is 11.8. The summed E-state index contributed by atoms with van der Waals surface area (Å²) in [6, 6.07) is 0. The van der Waals surface area contributed by atoms with Crippen molar-refractivity contribution in [3.63, 3.8) is 0 Å². The number of nitrogens with zero attached hydrogens (tertiary/aromatic N) is 2. The second-order valence-electron chi connectivity index (χ2n) is 4.45. The molecule has 1 aromatic rings. The average molecular weight is 267 g/mol. The molecule has 0 aliphatic carbocycles. The van der Waals surface area contributed by atoms with Crippen molar-refractivity contribution in [2.24, 2.45) is 0 Å². The van der Waals surface area contributed by atoms with Crippen LogP contribution in [0.25, 0.3) is 0 Å². The number of aromatic nitrogens is 2. The van der Waals surface area contributed by atoms with Gasteiger partial charge in [0, 0.05) is 18.2 Å². The van der Waals surface area contributed by atoms with Gasteiger partial charge in [0.2, 0.25) is 0 Å². The van der Waals surface area contributed by atoms with Crippen molar-refractivity contribution < 1.29 is 14.9 Å². The van der Waals surface area contributed by atoms with Crippen LogP contribution in [0.1, 0.15) is 18.2 Å². The number of aliphatic hydroxyl groups is 2. The van der Waals surface area contributed by atoms with E-state index in [2.05, 4.69) is 11.6 Å². The van der Waals surface area contributed by atoms with Crippen LogP contribution < -0.4 is 11.4 Å². The van der Waals surface area contributed by atoms with Crippen LogP contribution in [0, 0.1) is 0 Å². The van der Waals surface area contributed by atoms with E-state index in [1.807, 2.05) is 0 Å². The van der Waals surface area contributed by atoms with Gasteiger partial charge in [0.1, 0.15) is 18.1 Å². The van der Waals surface area contributed by atoms with Gasteiger partial charge in [-0.05, 0) is 6.42 Å². The fraction of sp³-hybridized carbons (Fsp3) is 0.500. The molecule has 0 unspecified atom stereocenters. The SMILES string of the molecule is C=CCc1cn([C@@H]2C[C@@H](O)[C@H](CO)O2)c(=O)nc1N. The first-order valence-electron chi connectivity index (χ1n) is 5.99. The van der Waals surface area contributed by atoms with E-state index in [1.54, 1.807) is 12.3 Å². The Labute approximate surface area is 110 Å². The molecule has 0 saturated carbocycles. The molecular weight excluding hydrogens is 250 g/mol. The zero-order chi connectivity index (χ0) is 14.0. The van der Waals surface area contributed by atoms with Gasteiger partial charge in [-0.1, -0.05) is 6.08 Å². The van der Waals surface area contributed by atoms with Gasteiger partial charge in [0.25, 0.3) is 0 Å². The smallest absolute Gasteiger partial charge is 0.351 e. The lowest BCUT2D eigenvalue weighted by Gasteiger charge is -2.15. The predicted molar refractivity (Wildman–Crippen MR) is 68.4 cm³/mol. The summed E-state index contributed by atoms with van der Waals surface area (Å²) in [4.78, 5) is 15.5. The van der Waals surface area contributed by atoms with Gasteiger partial charge >= 0.3 is 5.69 Å². The molecule has 7 heteroatoms. The lowest BCUT2D eigenvalue weighted by Crippen LogP contribution is -2.29. The van der Waals surface area contributed by atoms with Crippen molar-refractivity contribution in [1.82, 2.24) is 9.55 Å². The molecule has 2 heterocycles. The Morgan fingerprint density at radius 2 is 2.42 bits per heavy atom. The van der Waals surface area contributed by atoms with Crippen LogP contribution in [0.3, 0.4) is 0 Å². The minimum atomic E-state index is -0.803. The molecule has 0 bridgehead atoms. The minimum absolute atomic E-state index is 0.165. The molecule has 1 aliphatic heterocycles. The van der Waals surface area contributed by atoms with Crippen molar-refractivity contribution in [3.8, 4) is 0 Å². The van der Waals surface area contributed by atoms with Gasteiger partial charge in [-0.3, -0.25) is 4.57 Å². The van der Waals surface area contributed by atoms with Crippen LogP contribution in [-0.4, -0.2) is 38.6 Å². The Morgan fingerprint density at radius 1 is 1.68 bits per heavy atom. The maximum Gasteiger partial charge on any atom is 0.351 e. The topological polar surface area (TPSA) is 111 Å². The number of aliphatic hydroxyl groups excluding tert-OH is 2. The van der Waals surface area contributed by atoms with Crippen LogP contribution in [0.4, 0.5) is 5.82 Å². The first kappa shape index (κ1) is 13.7. The number of ether oxygens (including phenoxy) is 1. The highest BCUT2D eigenvalue weighted by Crippen LogP contribution is 2.27. The van der Waals surface area contributed by atoms with Gasteiger partial charge in [-0.2, -0.15) is 4.98 Å². The molecule has 104 valence electrons. The largest absolute Gasteiger partial charge is 0.394 e. The van der Waals surface area contributed by atoms with Gasteiger partial charge in [0.05, 0.1) is 12.7 Å². The van der Waals surface area contributed by atoms with Crippen LogP contribution >= 0.6 is 0 Å². The summed E-state index contributed by atoms with van der Waals surface area (Å²) in [5, 5.41) is 18.7. The van der Waals surface area contributed by atoms with E-state index in [0.29, 0.717) is 12.0 Å². The fourth-order valence-corrected chi connectivity index (χ4v) is 2.09. The third kappa shape index (κ3) is 2.67. The van der Waals surface area contributed by atoms with Crippen molar-refractivity contribution in [2.45, 2.75) is 31.3 Å². The Balaban J connectivity index is 2.32. The normalized spacial score (nSPS) is 26.5. The van der Waals surface area contributed by atoms with Crippen LogP contribution in [0.15, 0.2) is 23.6 Å². The molecule has 0 spiro atoms. The van der Waals surface area contributed by atoms with Crippen molar-refractivity contribution in [3.05, 3.63) is 34.9 Å². The maximum absolute atomic E-state index is 11.8. The minimum Gasteiger partial charge on any atom is -0.394 e. The molecule has 3 atom stereocenters. The van der Waals surface area contributed by atoms with Crippen LogP contribution in [0.5, 0.6) is 0 Å². The summed E-state index contributed by atoms with van der Waals surface area (Å²) in [5.41, 5.74) is 5.78. The van der Waals surface area contributed by atoms with E-state index in [4.69, 9.17) is 15.6 Å². The average Bonchev–Trinajstić information content (AvgIpc) is 2.74. The van der Waals surface area contributed by atoms with Gasteiger partial charge < -0.3 is 20.7 Å². The third-order valence-corrected chi connectivity index (χ3v) is 3.12. The van der Waals surface area contributed by atoms with Gasteiger partial charge in [-0.25, -0.2) is 4.79 Å². The zero-order valence-corrected chi connectivity index (χ0v) is 10.4. The predicted octanol–water partition coefficient (Wildman–Crippen LogP) is -0.805. The zero-order valence-electron chi connectivity index (χ0n) is 10.4. The molecule has 1 aliphatic rings. The van der Waals surface area contributed by atoms with E-state index >= 15 is 0 Å². The molecule has 1 fully saturated rings. The quantitative estimate of drug-likeness (QED) is 0.616. The van der Waals surface area contributed by atoms with Gasteiger partial charge in [-0.15, -0.1) is 6.58 Å². The number of hydrogen-bond acceptors (Lipinski definition) is 6. The fourth-order valence-electron chi connectivity index (χ4n) is 2.09. The third-order valence-electron chi connectivity index (χ3n) is 3.12. The van der Waals surface area contributed by atoms with E-state index in [1.165, 1.54) is 4.57 Å². The van der Waals surface area contributed by atoms with Crippen molar-refractivity contribution in [1.29, 1.82) is 0 Å². The molecule has 2 rings (SSSR count). The van der Waals surface area contributed by atoms with Crippen LogP contribution in [0.2, 0.25) is 0 Å². The van der Waals surface area contributed by atoms with Crippen LogP contribution in [-0.2, 0) is 11.2 Å². The molecule has 0 aromatic carbocycles. The van der Waals surface area contributed by atoms with E-state index in [-0.39, 0.29) is 18.8 Å². The van der Waals surface area contributed by atoms with E-state index in [9.17, 15) is 9.90 Å². The highest BCUT2D eigenvalue weighted by atomic mass is 16.5. The molecular formula is C12H17N3O4. The highest BCUT2D eigenvalue weighted by Gasteiger charge is 2.35. The Bertz CT molecular complexity index is 528. The molecule has 19 heavy (non-hydrogen) atoms. The first-order valence-corrected chi connectivity index (χ1v) is 5.99. The summed E-state index contributed by atoms with van der Waals surface area (Å²) >= 11 is 0. The molecule has 0 radical (unpaired) electrons. The summed E-state index contributed by atoms with van der Waals surface area (Å²) < 4.78 is 6.70. The Kier molecular flexibility index (Phi) is 3.98. The second kappa shape index (κ2) is 5.52. The highest BCUT2D eigenvalue weighted by molar-refractivity contribution is 5.38. The molecule has 7 nitrogen and oxygen atoms in total. The lowest BCUT2D eigenvalue weighted by atomic mass is 10.2. The lowest BCUT2D eigenvalue weighted by molar-refractivity contribution is -0.0459. The summed E-state index contributed by atoms with van der Waals surface area (Å²) in [6.07, 6.45) is 1.80. The van der Waals surface area contributed by atoms with Gasteiger partial charge in [0.15, 0.2) is 0 Å². The summed E-state index contributed by atoms with van der Waals surface area (Å²) in [7, 11) is 0. The molecule has 0 amide bonds. The number of anilines is 1. The molecule has 4 N–H and O–H groups in total. The van der Waals surface area contributed by atoms with E-state index < -0.39 is 24.1 Å². The number of rotatable bonds is 4. The number of nitrogens with two attached hydrogens (primary N) is 1. The number of hydrogen-bond donors (Lipinski definition) is 3. The first-order chi connectivity index (χ1) is 9.06.